The highest BCUT2D eigenvalue weighted by Crippen LogP contribution is 2.28. The molecule has 0 aromatic heterocycles. The summed E-state index contributed by atoms with van der Waals surface area (Å²) in [6, 6.07) is 10.0. The molecule has 0 amide bonds. The highest BCUT2D eigenvalue weighted by atomic mass is 79.9. The number of hydrogen-bond donors (Lipinski definition) is 1. The van der Waals surface area contributed by atoms with E-state index in [9.17, 15) is 0 Å². The molecular formula is C18H28BrN. The Bertz CT molecular complexity index is 387. The Labute approximate surface area is 132 Å². The first kappa shape index (κ1) is 16.0. The minimum atomic E-state index is 0.506. The van der Waals surface area contributed by atoms with E-state index in [2.05, 4.69) is 59.4 Å². The van der Waals surface area contributed by atoms with Crippen molar-refractivity contribution in [1.29, 1.82) is 0 Å². The fraction of sp³-hybridized carbons (Fsp3) is 0.667. The van der Waals surface area contributed by atoms with E-state index >= 15 is 0 Å². The zero-order chi connectivity index (χ0) is 14.4. The minimum Gasteiger partial charge on any atom is -0.307 e. The maximum atomic E-state index is 3.91. The molecule has 1 fully saturated rings. The lowest BCUT2D eigenvalue weighted by molar-refractivity contribution is 0.382. The average molecular weight is 338 g/mol. The van der Waals surface area contributed by atoms with Crippen molar-refractivity contribution in [2.45, 2.75) is 70.9 Å². The largest absolute Gasteiger partial charge is 0.307 e. The molecule has 3 unspecified atom stereocenters. The van der Waals surface area contributed by atoms with Crippen LogP contribution in [0.25, 0.3) is 0 Å². The fourth-order valence-corrected chi connectivity index (χ4v) is 3.65. The molecule has 1 saturated carbocycles. The maximum absolute atomic E-state index is 3.91. The lowest BCUT2D eigenvalue weighted by Crippen LogP contribution is -2.32. The molecule has 0 spiro atoms. The maximum Gasteiger partial charge on any atom is 0.0320 e. The molecule has 1 aromatic rings. The minimum absolute atomic E-state index is 0.506. The van der Waals surface area contributed by atoms with E-state index in [-0.39, 0.29) is 0 Å². The van der Waals surface area contributed by atoms with Crippen molar-refractivity contribution in [3.05, 3.63) is 34.3 Å². The van der Waals surface area contributed by atoms with Crippen LogP contribution in [0.4, 0.5) is 0 Å². The van der Waals surface area contributed by atoms with Gasteiger partial charge < -0.3 is 5.32 Å². The van der Waals surface area contributed by atoms with Gasteiger partial charge in [-0.25, -0.2) is 0 Å². The van der Waals surface area contributed by atoms with Gasteiger partial charge in [-0.05, 0) is 49.3 Å². The summed E-state index contributed by atoms with van der Waals surface area (Å²) in [5, 5.41) is 3.91. The summed E-state index contributed by atoms with van der Waals surface area (Å²) in [7, 11) is 0. The van der Waals surface area contributed by atoms with Crippen molar-refractivity contribution in [1.82, 2.24) is 5.32 Å². The molecule has 20 heavy (non-hydrogen) atoms. The SMILES string of the molecule is CCC1CCCC(NC(CC)c2ccc(Br)cc2)CC1. The predicted octanol–water partition coefficient (Wildman–Crippen LogP) is 5.85. The third-order valence-electron chi connectivity index (χ3n) is 4.78. The van der Waals surface area contributed by atoms with Crippen molar-refractivity contribution in [2.24, 2.45) is 5.92 Å². The van der Waals surface area contributed by atoms with Gasteiger partial charge in [-0.2, -0.15) is 0 Å². The molecule has 0 bridgehead atoms. The van der Waals surface area contributed by atoms with Gasteiger partial charge in [-0.3, -0.25) is 0 Å². The first-order valence-electron chi connectivity index (χ1n) is 8.24. The normalized spacial score (nSPS) is 25.1. The van der Waals surface area contributed by atoms with Crippen molar-refractivity contribution >= 4 is 15.9 Å². The van der Waals surface area contributed by atoms with E-state index in [0.717, 1.165) is 16.8 Å². The highest BCUT2D eigenvalue weighted by molar-refractivity contribution is 9.10. The van der Waals surface area contributed by atoms with Gasteiger partial charge in [0, 0.05) is 16.6 Å². The summed E-state index contributed by atoms with van der Waals surface area (Å²) in [4.78, 5) is 0. The second-order valence-corrected chi connectivity index (χ2v) is 7.07. The van der Waals surface area contributed by atoms with Crippen LogP contribution in [0, 0.1) is 5.92 Å². The lowest BCUT2D eigenvalue weighted by Gasteiger charge is -2.24. The molecule has 1 N–H and O–H groups in total. The summed E-state index contributed by atoms with van der Waals surface area (Å²) < 4.78 is 1.16. The number of rotatable bonds is 5. The van der Waals surface area contributed by atoms with Gasteiger partial charge in [-0.15, -0.1) is 0 Å². The zero-order valence-corrected chi connectivity index (χ0v) is 14.5. The molecule has 0 saturated heterocycles. The van der Waals surface area contributed by atoms with Crippen LogP contribution in [0.2, 0.25) is 0 Å². The Kier molecular flexibility index (Phi) is 6.57. The molecule has 1 aliphatic rings. The summed E-state index contributed by atoms with van der Waals surface area (Å²) in [6.07, 6.45) is 9.46. The molecule has 1 aromatic carbocycles. The molecule has 112 valence electrons. The number of benzene rings is 1. The Balaban J connectivity index is 1.94. The summed E-state index contributed by atoms with van der Waals surface area (Å²) in [6.45, 7) is 4.63. The molecule has 2 heteroatoms. The van der Waals surface area contributed by atoms with E-state index in [1.807, 2.05) is 0 Å². The van der Waals surface area contributed by atoms with Crippen LogP contribution in [-0.4, -0.2) is 6.04 Å². The smallest absolute Gasteiger partial charge is 0.0320 e. The number of halogens is 1. The predicted molar refractivity (Wildman–Crippen MR) is 91.0 cm³/mol. The van der Waals surface area contributed by atoms with Gasteiger partial charge >= 0.3 is 0 Å². The highest BCUT2D eigenvalue weighted by Gasteiger charge is 2.20. The monoisotopic (exact) mass is 337 g/mol. The van der Waals surface area contributed by atoms with Crippen molar-refractivity contribution in [3.8, 4) is 0 Å². The lowest BCUT2D eigenvalue weighted by atomic mass is 9.97. The quantitative estimate of drug-likeness (QED) is 0.664. The van der Waals surface area contributed by atoms with Crippen LogP contribution in [0.3, 0.4) is 0 Å². The van der Waals surface area contributed by atoms with Crippen molar-refractivity contribution in [2.75, 3.05) is 0 Å². The van der Waals surface area contributed by atoms with Gasteiger partial charge in [0.05, 0.1) is 0 Å². The van der Waals surface area contributed by atoms with Crippen LogP contribution in [0.5, 0.6) is 0 Å². The van der Waals surface area contributed by atoms with Crippen molar-refractivity contribution in [3.63, 3.8) is 0 Å². The summed E-state index contributed by atoms with van der Waals surface area (Å²) >= 11 is 3.52. The standard InChI is InChI=1S/C18H28BrN/c1-3-14-6-5-7-17(13-8-14)20-18(4-2)15-9-11-16(19)12-10-15/h9-12,14,17-18,20H,3-8,13H2,1-2H3. The van der Waals surface area contributed by atoms with Gasteiger partial charge in [-0.1, -0.05) is 61.2 Å². The third-order valence-corrected chi connectivity index (χ3v) is 5.31. The zero-order valence-electron chi connectivity index (χ0n) is 12.9. The number of nitrogens with one attached hydrogen (secondary N) is 1. The second-order valence-electron chi connectivity index (χ2n) is 6.16. The van der Waals surface area contributed by atoms with E-state index in [1.54, 1.807) is 0 Å². The van der Waals surface area contributed by atoms with Crippen molar-refractivity contribution < 1.29 is 0 Å². The molecule has 3 atom stereocenters. The van der Waals surface area contributed by atoms with Crippen LogP contribution in [0.1, 0.15) is 70.4 Å². The molecule has 1 nitrogen and oxygen atoms in total. The first-order valence-corrected chi connectivity index (χ1v) is 9.03. The summed E-state index contributed by atoms with van der Waals surface area (Å²) in [5.41, 5.74) is 1.42. The average Bonchev–Trinajstić information content (AvgIpc) is 2.71. The molecule has 0 heterocycles. The van der Waals surface area contributed by atoms with E-state index in [4.69, 9.17) is 0 Å². The second kappa shape index (κ2) is 8.19. The van der Waals surface area contributed by atoms with Gasteiger partial charge in [0.15, 0.2) is 0 Å². The Hall–Kier alpha value is -0.340. The van der Waals surface area contributed by atoms with E-state index in [0.29, 0.717) is 12.1 Å². The Morgan fingerprint density at radius 2 is 1.85 bits per heavy atom. The fourth-order valence-electron chi connectivity index (χ4n) is 3.38. The molecular weight excluding hydrogens is 310 g/mol. The number of hydrogen-bond acceptors (Lipinski definition) is 1. The van der Waals surface area contributed by atoms with Crippen LogP contribution >= 0.6 is 15.9 Å². The van der Waals surface area contributed by atoms with E-state index < -0.39 is 0 Å². The van der Waals surface area contributed by atoms with Crippen LogP contribution < -0.4 is 5.32 Å². The molecule has 1 aliphatic carbocycles. The van der Waals surface area contributed by atoms with Gasteiger partial charge in [0.25, 0.3) is 0 Å². The van der Waals surface area contributed by atoms with Gasteiger partial charge in [0.1, 0.15) is 0 Å². The Morgan fingerprint density at radius 1 is 1.10 bits per heavy atom. The third kappa shape index (κ3) is 4.60. The van der Waals surface area contributed by atoms with Gasteiger partial charge in [0.2, 0.25) is 0 Å². The summed E-state index contributed by atoms with van der Waals surface area (Å²) in [5.74, 6) is 0.967. The van der Waals surface area contributed by atoms with E-state index in [1.165, 1.54) is 44.1 Å². The first-order chi connectivity index (χ1) is 9.72. The van der Waals surface area contributed by atoms with Crippen LogP contribution in [0.15, 0.2) is 28.7 Å². The molecule has 2 rings (SSSR count). The Morgan fingerprint density at radius 3 is 2.50 bits per heavy atom. The van der Waals surface area contributed by atoms with Crippen LogP contribution in [-0.2, 0) is 0 Å². The molecule has 0 radical (unpaired) electrons. The topological polar surface area (TPSA) is 12.0 Å². The molecule has 0 aliphatic heterocycles.